The second-order valence-corrected chi connectivity index (χ2v) is 9.02. The molecule has 0 amide bonds. The van der Waals surface area contributed by atoms with Crippen LogP contribution in [0.4, 0.5) is 0 Å². The van der Waals surface area contributed by atoms with Crippen LogP contribution in [0.3, 0.4) is 0 Å². The van der Waals surface area contributed by atoms with Gasteiger partial charge < -0.3 is 5.32 Å². The lowest BCUT2D eigenvalue weighted by Crippen LogP contribution is -2.26. The van der Waals surface area contributed by atoms with Gasteiger partial charge in [-0.3, -0.25) is 0 Å². The van der Waals surface area contributed by atoms with Crippen molar-refractivity contribution in [1.82, 2.24) is 9.62 Å². The zero-order valence-electron chi connectivity index (χ0n) is 12.9. The second-order valence-electron chi connectivity index (χ2n) is 5.72. The highest BCUT2D eigenvalue weighted by Crippen LogP contribution is 2.24. The molecule has 1 aromatic carbocycles. The molecule has 0 aromatic heterocycles. The van der Waals surface area contributed by atoms with Gasteiger partial charge in [0.05, 0.1) is 4.90 Å². The molecule has 2 atom stereocenters. The molecule has 6 heteroatoms. The number of sulfonamides is 1. The predicted molar refractivity (Wildman–Crippen MR) is 89.2 cm³/mol. The molecule has 1 aliphatic rings. The summed E-state index contributed by atoms with van der Waals surface area (Å²) in [5, 5.41) is 3.55. The minimum Gasteiger partial charge on any atom is -0.310 e. The van der Waals surface area contributed by atoms with Crippen LogP contribution in [0, 0.1) is 5.92 Å². The fourth-order valence-electron chi connectivity index (χ4n) is 2.34. The number of hydrogen-bond acceptors (Lipinski definition) is 4. The highest BCUT2D eigenvalue weighted by atomic mass is 32.2. The summed E-state index contributed by atoms with van der Waals surface area (Å²) in [7, 11) is -0.237. The summed E-state index contributed by atoms with van der Waals surface area (Å²) in [5.41, 5.74) is 1.12. The molecule has 1 aromatic rings. The predicted octanol–water partition coefficient (Wildman–Crippen LogP) is 2.34. The molecular weight excluding hydrogens is 304 g/mol. The lowest BCUT2D eigenvalue weighted by molar-refractivity contribution is 0.477. The minimum atomic E-state index is -3.33. The number of hydrogen-bond donors (Lipinski definition) is 1. The number of nitrogens with zero attached hydrogens (tertiary/aromatic N) is 1. The van der Waals surface area contributed by atoms with Crippen molar-refractivity contribution in [1.29, 1.82) is 0 Å². The van der Waals surface area contributed by atoms with E-state index in [1.807, 2.05) is 23.9 Å². The Labute approximate surface area is 132 Å². The monoisotopic (exact) mass is 328 g/mol. The zero-order chi connectivity index (χ0) is 15.5. The third kappa shape index (κ3) is 4.22. The zero-order valence-corrected chi connectivity index (χ0v) is 14.5. The fourth-order valence-corrected chi connectivity index (χ4v) is 4.53. The first kappa shape index (κ1) is 16.8. The van der Waals surface area contributed by atoms with Gasteiger partial charge in [0.15, 0.2) is 0 Å². The SMILES string of the molecule is CC(NCC1CCSC1)c1ccc(S(=O)(=O)N(C)C)cc1. The van der Waals surface area contributed by atoms with Crippen LogP contribution in [0.25, 0.3) is 0 Å². The standard InChI is InChI=1S/C15H24N2O2S2/c1-12(16-10-13-8-9-20-11-13)14-4-6-15(7-5-14)21(18,19)17(2)3/h4-7,12-13,16H,8-11H2,1-3H3. The molecule has 0 bridgehead atoms. The van der Waals surface area contributed by atoms with Crippen LogP contribution in [0.15, 0.2) is 29.2 Å². The van der Waals surface area contributed by atoms with Gasteiger partial charge in [-0.05, 0) is 55.0 Å². The van der Waals surface area contributed by atoms with Crippen molar-refractivity contribution in [2.45, 2.75) is 24.3 Å². The van der Waals surface area contributed by atoms with Crippen LogP contribution < -0.4 is 5.32 Å². The van der Waals surface area contributed by atoms with E-state index >= 15 is 0 Å². The smallest absolute Gasteiger partial charge is 0.242 e. The molecule has 1 heterocycles. The number of rotatable bonds is 6. The van der Waals surface area contributed by atoms with Gasteiger partial charge in [0.2, 0.25) is 10.0 Å². The molecule has 118 valence electrons. The molecule has 1 fully saturated rings. The quantitative estimate of drug-likeness (QED) is 0.871. The summed E-state index contributed by atoms with van der Waals surface area (Å²) in [5.74, 6) is 3.29. The van der Waals surface area contributed by atoms with Crippen molar-refractivity contribution >= 4 is 21.8 Å². The number of thioether (sulfide) groups is 1. The Kier molecular flexibility index (Phi) is 5.71. The number of benzene rings is 1. The van der Waals surface area contributed by atoms with Crippen molar-refractivity contribution < 1.29 is 8.42 Å². The van der Waals surface area contributed by atoms with Gasteiger partial charge in [-0.1, -0.05) is 12.1 Å². The van der Waals surface area contributed by atoms with E-state index in [1.165, 1.54) is 22.2 Å². The molecule has 4 nitrogen and oxygen atoms in total. The average molecular weight is 329 g/mol. The minimum absolute atomic E-state index is 0.242. The summed E-state index contributed by atoms with van der Waals surface area (Å²) < 4.78 is 25.3. The van der Waals surface area contributed by atoms with Crippen LogP contribution >= 0.6 is 11.8 Å². The first-order valence-corrected chi connectivity index (χ1v) is 9.84. The number of nitrogens with one attached hydrogen (secondary N) is 1. The Balaban J connectivity index is 1.97. The summed E-state index contributed by atoms with van der Waals surface area (Å²) in [6.07, 6.45) is 1.30. The Morgan fingerprint density at radius 3 is 2.52 bits per heavy atom. The van der Waals surface area contributed by atoms with Gasteiger partial charge in [0.1, 0.15) is 0 Å². The van der Waals surface area contributed by atoms with Crippen molar-refractivity contribution in [2.24, 2.45) is 5.92 Å². The maximum Gasteiger partial charge on any atom is 0.242 e. The van der Waals surface area contributed by atoms with Crippen LogP contribution in [-0.2, 0) is 10.0 Å². The van der Waals surface area contributed by atoms with E-state index in [4.69, 9.17) is 0 Å². The molecular formula is C15H24N2O2S2. The average Bonchev–Trinajstić information content (AvgIpc) is 2.98. The Morgan fingerprint density at radius 1 is 1.33 bits per heavy atom. The van der Waals surface area contributed by atoms with Gasteiger partial charge in [-0.2, -0.15) is 11.8 Å². The van der Waals surface area contributed by atoms with Gasteiger partial charge in [0, 0.05) is 20.1 Å². The lowest BCUT2D eigenvalue weighted by atomic mass is 10.1. The molecule has 0 saturated carbocycles. The van der Waals surface area contributed by atoms with Crippen LogP contribution in [-0.4, -0.2) is 44.9 Å². The van der Waals surface area contributed by atoms with Crippen molar-refractivity contribution in [2.75, 3.05) is 32.1 Å². The van der Waals surface area contributed by atoms with Gasteiger partial charge in [0.25, 0.3) is 0 Å². The van der Waals surface area contributed by atoms with E-state index in [2.05, 4.69) is 12.2 Å². The Hall–Kier alpha value is -0.560. The Bertz CT molecular complexity index is 550. The second kappa shape index (κ2) is 7.13. The highest BCUT2D eigenvalue weighted by Gasteiger charge is 2.18. The molecule has 21 heavy (non-hydrogen) atoms. The molecule has 0 aliphatic carbocycles. The fraction of sp³-hybridized carbons (Fsp3) is 0.600. The maximum absolute atomic E-state index is 12.0. The summed E-state index contributed by atoms with van der Waals surface area (Å²) in [6, 6.07) is 7.42. The van der Waals surface area contributed by atoms with Crippen LogP contribution in [0.2, 0.25) is 0 Å². The van der Waals surface area contributed by atoms with E-state index in [0.29, 0.717) is 4.90 Å². The van der Waals surface area contributed by atoms with Gasteiger partial charge in [-0.25, -0.2) is 12.7 Å². The summed E-state index contributed by atoms with van der Waals surface area (Å²) in [6.45, 7) is 3.16. The lowest BCUT2D eigenvalue weighted by Gasteiger charge is -2.18. The summed E-state index contributed by atoms with van der Waals surface area (Å²) in [4.78, 5) is 0.343. The van der Waals surface area contributed by atoms with E-state index < -0.39 is 10.0 Å². The van der Waals surface area contributed by atoms with Crippen LogP contribution in [0.1, 0.15) is 24.9 Å². The van der Waals surface area contributed by atoms with Gasteiger partial charge in [-0.15, -0.1) is 0 Å². The van der Waals surface area contributed by atoms with E-state index in [0.717, 1.165) is 18.0 Å². The first-order valence-electron chi connectivity index (χ1n) is 7.25. The maximum atomic E-state index is 12.0. The molecule has 2 rings (SSSR count). The highest BCUT2D eigenvalue weighted by molar-refractivity contribution is 7.99. The first-order chi connectivity index (χ1) is 9.91. The molecule has 1 saturated heterocycles. The molecule has 0 radical (unpaired) electrons. The van der Waals surface area contributed by atoms with Crippen LogP contribution in [0.5, 0.6) is 0 Å². The molecule has 2 unspecified atom stereocenters. The largest absolute Gasteiger partial charge is 0.310 e. The van der Waals surface area contributed by atoms with E-state index in [1.54, 1.807) is 26.2 Å². The van der Waals surface area contributed by atoms with Crippen molar-refractivity contribution in [3.63, 3.8) is 0 Å². The third-order valence-corrected chi connectivity index (χ3v) is 6.96. The van der Waals surface area contributed by atoms with Crippen molar-refractivity contribution in [3.05, 3.63) is 29.8 Å². The molecule has 1 N–H and O–H groups in total. The van der Waals surface area contributed by atoms with E-state index in [-0.39, 0.29) is 6.04 Å². The van der Waals surface area contributed by atoms with Gasteiger partial charge >= 0.3 is 0 Å². The molecule has 0 spiro atoms. The van der Waals surface area contributed by atoms with Crippen molar-refractivity contribution in [3.8, 4) is 0 Å². The summed E-state index contributed by atoms with van der Waals surface area (Å²) >= 11 is 2.03. The molecule has 1 aliphatic heterocycles. The van der Waals surface area contributed by atoms with E-state index in [9.17, 15) is 8.42 Å². The third-order valence-electron chi connectivity index (χ3n) is 3.90. The normalized spacial score (nSPS) is 20.9. The Morgan fingerprint density at radius 2 is 2.00 bits per heavy atom. The topological polar surface area (TPSA) is 49.4 Å².